The first-order valence-corrected chi connectivity index (χ1v) is 9.68. The summed E-state index contributed by atoms with van der Waals surface area (Å²) >= 11 is 0. The van der Waals surface area contributed by atoms with Crippen LogP contribution in [0.2, 0.25) is 0 Å². The summed E-state index contributed by atoms with van der Waals surface area (Å²) in [6.45, 7) is 0.499. The summed E-state index contributed by atoms with van der Waals surface area (Å²) in [5.74, 6) is 0. The number of nitrogens with two attached hydrogens (primary N) is 1. The molecule has 2 N–H and O–H groups in total. The fourth-order valence-electron chi connectivity index (χ4n) is 2.40. The number of hydrogen-bond donors (Lipinski definition) is 1. The summed E-state index contributed by atoms with van der Waals surface area (Å²) in [5.41, 5.74) is 1.61. The Hall–Kier alpha value is -1.88. The molecule has 8 nitrogen and oxygen atoms in total. The molecule has 1 aromatic carbocycles. The zero-order valence-corrected chi connectivity index (χ0v) is 13.6. The van der Waals surface area contributed by atoms with Crippen molar-refractivity contribution in [3.8, 4) is 0 Å². The summed E-state index contributed by atoms with van der Waals surface area (Å²) in [6, 6.07) is 4.85. The topological polar surface area (TPSA) is 123 Å². The van der Waals surface area contributed by atoms with E-state index in [1.807, 2.05) is 0 Å². The highest BCUT2D eigenvalue weighted by Crippen LogP contribution is 2.24. The lowest BCUT2D eigenvalue weighted by Crippen LogP contribution is -2.36. The molecule has 23 heavy (non-hydrogen) atoms. The average molecular weight is 354 g/mol. The maximum Gasteiger partial charge on any atom is 0.243 e. The second-order valence-electron chi connectivity index (χ2n) is 5.10. The van der Waals surface area contributed by atoms with Gasteiger partial charge in [-0.2, -0.15) is 4.31 Å². The van der Waals surface area contributed by atoms with Crippen LogP contribution < -0.4 is 5.14 Å². The summed E-state index contributed by atoms with van der Waals surface area (Å²) in [7, 11) is -7.58. The van der Waals surface area contributed by atoms with E-state index in [-0.39, 0.29) is 16.3 Å². The molecule has 2 aromatic rings. The number of primary sulfonamides is 1. The summed E-state index contributed by atoms with van der Waals surface area (Å²) < 4.78 is 49.1. The number of nitrogens with zero attached hydrogens (tertiary/aromatic N) is 3. The van der Waals surface area contributed by atoms with E-state index in [0.29, 0.717) is 13.0 Å². The molecule has 0 atom stereocenters. The van der Waals surface area contributed by atoms with Gasteiger partial charge in [0.1, 0.15) is 6.33 Å². The van der Waals surface area contributed by atoms with Gasteiger partial charge >= 0.3 is 0 Å². The third kappa shape index (κ3) is 3.11. The Bertz CT molecular complexity index is 940. The van der Waals surface area contributed by atoms with Crippen molar-refractivity contribution in [2.45, 2.75) is 22.8 Å². The van der Waals surface area contributed by atoms with Crippen LogP contribution in [-0.2, 0) is 33.0 Å². The Morgan fingerprint density at radius 1 is 1.04 bits per heavy atom. The van der Waals surface area contributed by atoms with Crippen LogP contribution in [-0.4, -0.2) is 37.7 Å². The van der Waals surface area contributed by atoms with Gasteiger partial charge in [-0.1, -0.05) is 0 Å². The van der Waals surface area contributed by atoms with Crippen molar-refractivity contribution < 1.29 is 16.8 Å². The van der Waals surface area contributed by atoms with E-state index in [1.165, 1.54) is 34.9 Å². The fraction of sp³-hybridized carbons (Fsp3) is 0.231. The van der Waals surface area contributed by atoms with Crippen molar-refractivity contribution in [2.75, 3.05) is 6.54 Å². The van der Waals surface area contributed by atoms with Crippen LogP contribution >= 0.6 is 0 Å². The molecule has 1 aromatic heterocycles. The SMILES string of the molecule is NS(=O)(=O)c1ccc(S(=O)(=O)N2CCc3ncncc3C2)cc1. The number of aromatic nitrogens is 2. The highest BCUT2D eigenvalue weighted by atomic mass is 32.2. The lowest BCUT2D eigenvalue weighted by molar-refractivity contribution is 0.386. The molecule has 3 rings (SSSR count). The molecule has 1 aliphatic rings. The number of rotatable bonds is 3. The summed E-state index contributed by atoms with van der Waals surface area (Å²) in [4.78, 5) is 7.93. The summed E-state index contributed by atoms with van der Waals surface area (Å²) in [5, 5.41) is 5.01. The number of benzene rings is 1. The quantitative estimate of drug-likeness (QED) is 0.819. The second-order valence-corrected chi connectivity index (χ2v) is 8.60. The first kappa shape index (κ1) is 16.0. The molecule has 0 radical (unpaired) electrons. The van der Waals surface area contributed by atoms with E-state index in [1.54, 1.807) is 6.20 Å². The minimum atomic E-state index is -3.85. The molecule has 0 spiro atoms. The normalized spacial score (nSPS) is 16.0. The molecule has 122 valence electrons. The van der Waals surface area contributed by atoms with E-state index in [9.17, 15) is 16.8 Å². The van der Waals surface area contributed by atoms with E-state index in [2.05, 4.69) is 9.97 Å². The smallest absolute Gasteiger partial charge is 0.243 e. The van der Waals surface area contributed by atoms with Gasteiger partial charge in [0.15, 0.2) is 0 Å². The fourth-order valence-corrected chi connectivity index (χ4v) is 4.33. The van der Waals surface area contributed by atoms with E-state index >= 15 is 0 Å². The minimum absolute atomic E-state index is 0.0187. The van der Waals surface area contributed by atoms with Gasteiger partial charge in [0.05, 0.1) is 9.79 Å². The van der Waals surface area contributed by atoms with Crippen LogP contribution in [0.25, 0.3) is 0 Å². The predicted octanol–water partition coefficient (Wildman–Crippen LogP) is -0.129. The Labute approximate surface area is 134 Å². The molecule has 2 heterocycles. The molecule has 0 bridgehead atoms. The van der Waals surface area contributed by atoms with Gasteiger partial charge in [-0.3, -0.25) is 0 Å². The molecular formula is C13H14N4O4S2. The first-order chi connectivity index (χ1) is 10.8. The van der Waals surface area contributed by atoms with Crippen LogP contribution in [0.4, 0.5) is 0 Å². The largest absolute Gasteiger partial charge is 0.244 e. The van der Waals surface area contributed by atoms with Crippen LogP contribution in [0.5, 0.6) is 0 Å². The molecule has 0 saturated carbocycles. The van der Waals surface area contributed by atoms with E-state index < -0.39 is 20.0 Å². The lowest BCUT2D eigenvalue weighted by Gasteiger charge is -2.27. The maximum absolute atomic E-state index is 12.7. The van der Waals surface area contributed by atoms with Crippen molar-refractivity contribution in [1.29, 1.82) is 0 Å². The Morgan fingerprint density at radius 3 is 2.35 bits per heavy atom. The zero-order valence-electron chi connectivity index (χ0n) is 12.0. The lowest BCUT2D eigenvalue weighted by atomic mass is 10.1. The maximum atomic E-state index is 12.7. The van der Waals surface area contributed by atoms with Crippen LogP contribution in [0, 0.1) is 0 Å². The van der Waals surface area contributed by atoms with E-state index in [4.69, 9.17) is 5.14 Å². The number of fused-ring (bicyclic) bond motifs is 1. The zero-order chi connectivity index (χ0) is 16.7. The van der Waals surface area contributed by atoms with Crippen molar-refractivity contribution in [3.63, 3.8) is 0 Å². The molecule has 0 amide bonds. The van der Waals surface area contributed by atoms with Crippen LogP contribution in [0.3, 0.4) is 0 Å². The van der Waals surface area contributed by atoms with Crippen LogP contribution in [0.1, 0.15) is 11.3 Å². The second kappa shape index (κ2) is 5.64. The Balaban J connectivity index is 1.91. The monoisotopic (exact) mass is 354 g/mol. The third-order valence-electron chi connectivity index (χ3n) is 3.62. The molecule has 0 fully saturated rings. The van der Waals surface area contributed by atoms with Gasteiger partial charge in [0.25, 0.3) is 0 Å². The van der Waals surface area contributed by atoms with Gasteiger partial charge in [0.2, 0.25) is 20.0 Å². The molecule has 0 unspecified atom stereocenters. The predicted molar refractivity (Wildman–Crippen MR) is 81.1 cm³/mol. The van der Waals surface area contributed by atoms with Gasteiger partial charge in [-0.15, -0.1) is 0 Å². The highest BCUT2D eigenvalue weighted by Gasteiger charge is 2.29. The molecular weight excluding hydrogens is 340 g/mol. The molecule has 1 aliphatic heterocycles. The van der Waals surface area contributed by atoms with Crippen molar-refractivity contribution in [3.05, 3.63) is 48.0 Å². The van der Waals surface area contributed by atoms with Crippen molar-refractivity contribution in [2.24, 2.45) is 5.14 Å². The molecule has 0 aliphatic carbocycles. The van der Waals surface area contributed by atoms with Gasteiger partial charge in [-0.25, -0.2) is 31.9 Å². The van der Waals surface area contributed by atoms with Crippen molar-refractivity contribution in [1.82, 2.24) is 14.3 Å². The van der Waals surface area contributed by atoms with Gasteiger partial charge in [-0.05, 0) is 24.3 Å². The minimum Gasteiger partial charge on any atom is -0.244 e. The highest BCUT2D eigenvalue weighted by molar-refractivity contribution is 7.89. The Morgan fingerprint density at radius 2 is 1.70 bits per heavy atom. The molecule has 10 heteroatoms. The van der Waals surface area contributed by atoms with Crippen molar-refractivity contribution >= 4 is 20.0 Å². The van der Waals surface area contributed by atoms with Crippen LogP contribution in [0.15, 0.2) is 46.6 Å². The third-order valence-corrected chi connectivity index (χ3v) is 6.40. The molecule has 0 saturated heterocycles. The number of hydrogen-bond acceptors (Lipinski definition) is 6. The van der Waals surface area contributed by atoms with E-state index in [0.717, 1.165) is 11.3 Å². The Kier molecular flexibility index (Phi) is 3.92. The standard InChI is InChI=1S/C13H14N4O4S2/c14-22(18,19)11-1-3-12(4-2-11)23(20,21)17-6-5-13-10(8-17)7-15-9-16-13/h1-4,7,9H,5-6,8H2,(H2,14,18,19). The average Bonchev–Trinajstić information content (AvgIpc) is 2.53. The number of sulfonamides is 2. The van der Waals surface area contributed by atoms with Gasteiger partial charge in [0, 0.05) is 37.0 Å². The first-order valence-electron chi connectivity index (χ1n) is 6.69. The van der Waals surface area contributed by atoms with Gasteiger partial charge < -0.3 is 0 Å². The summed E-state index contributed by atoms with van der Waals surface area (Å²) in [6.07, 6.45) is 3.55.